The molecule has 1 spiro atoms. The second-order valence-corrected chi connectivity index (χ2v) is 9.40. The standard InChI is InChI=1S/C28H27F2N3O3/c1-36-26(34)20-8-6-19(7-9-20)17-32-14-12-28(13-15-32)18-33(25-11-10-21(29)16-22(25)28)27(35)31-24-5-3-2-4-23(24)30/h2-11,16H,12-15,17-18H2,1H3,(H,31,35). The fourth-order valence-corrected chi connectivity index (χ4v) is 5.26. The normalized spacial score (nSPS) is 16.6. The Hall–Kier alpha value is -3.78. The topological polar surface area (TPSA) is 61.9 Å². The van der Waals surface area contributed by atoms with E-state index in [1.54, 1.807) is 35.2 Å². The van der Waals surface area contributed by atoms with Crippen molar-refractivity contribution in [1.29, 1.82) is 0 Å². The molecule has 3 aromatic carbocycles. The number of carbonyl (C=O) groups excluding carboxylic acids is 2. The first-order valence-corrected chi connectivity index (χ1v) is 11.9. The number of urea groups is 1. The molecule has 0 atom stereocenters. The fourth-order valence-electron chi connectivity index (χ4n) is 5.26. The Morgan fingerprint density at radius 2 is 1.72 bits per heavy atom. The summed E-state index contributed by atoms with van der Waals surface area (Å²) in [4.78, 5) is 28.7. The van der Waals surface area contributed by atoms with Gasteiger partial charge in [0.05, 0.1) is 18.4 Å². The monoisotopic (exact) mass is 491 g/mol. The number of piperidine rings is 1. The molecule has 1 fully saturated rings. The number of nitrogens with one attached hydrogen (secondary N) is 1. The molecule has 5 rings (SSSR count). The van der Waals surface area contributed by atoms with Gasteiger partial charge in [0, 0.05) is 24.2 Å². The van der Waals surface area contributed by atoms with E-state index in [9.17, 15) is 18.4 Å². The first-order chi connectivity index (χ1) is 17.4. The van der Waals surface area contributed by atoms with Crippen LogP contribution in [0.5, 0.6) is 0 Å². The Labute approximate surface area is 208 Å². The summed E-state index contributed by atoms with van der Waals surface area (Å²) in [5.41, 5.74) is 2.83. The van der Waals surface area contributed by atoms with E-state index in [4.69, 9.17) is 4.74 Å². The third kappa shape index (κ3) is 4.56. The van der Waals surface area contributed by atoms with Crippen LogP contribution in [-0.2, 0) is 16.7 Å². The van der Waals surface area contributed by atoms with Crippen LogP contribution in [0.4, 0.5) is 25.0 Å². The highest BCUT2D eigenvalue weighted by Crippen LogP contribution is 2.47. The van der Waals surface area contributed by atoms with Crippen LogP contribution in [0.15, 0.2) is 66.7 Å². The van der Waals surface area contributed by atoms with Crippen LogP contribution in [0.1, 0.15) is 34.3 Å². The van der Waals surface area contributed by atoms with Gasteiger partial charge in [-0.25, -0.2) is 18.4 Å². The van der Waals surface area contributed by atoms with Gasteiger partial charge in [-0.05, 0) is 79.5 Å². The average molecular weight is 492 g/mol. The zero-order valence-electron chi connectivity index (χ0n) is 20.0. The van der Waals surface area contributed by atoms with Gasteiger partial charge in [-0.1, -0.05) is 24.3 Å². The van der Waals surface area contributed by atoms with Gasteiger partial charge in [0.15, 0.2) is 0 Å². The van der Waals surface area contributed by atoms with Crippen molar-refractivity contribution in [3.05, 3.63) is 95.1 Å². The van der Waals surface area contributed by atoms with E-state index in [-0.39, 0.29) is 22.9 Å². The number of methoxy groups -OCH3 is 1. The van der Waals surface area contributed by atoms with Crippen molar-refractivity contribution in [2.75, 3.05) is 37.0 Å². The summed E-state index contributed by atoms with van der Waals surface area (Å²) < 4.78 is 33.2. The molecular formula is C28H27F2N3O3. The third-order valence-electron chi connectivity index (χ3n) is 7.24. The maximum atomic E-state index is 14.3. The minimum absolute atomic E-state index is 0.111. The molecule has 2 heterocycles. The summed E-state index contributed by atoms with van der Waals surface area (Å²) >= 11 is 0. The van der Waals surface area contributed by atoms with E-state index in [1.165, 1.54) is 31.4 Å². The number of esters is 1. The Bertz CT molecular complexity index is 1290. The summed E-state index contributed by atoms with van der Waals surface area (Å²) in [6.45, 7) is 2.69. The molecule has 0 aliphatic carbocycles. The molecule has 6 nitrogen and oxygen atoms in total. The number of anilines is 2. The highest BCUT2D eigenvalue weighted by atomic mass is 19.1. The van der Waals surface area contributed by atoms with Gasteiger partial charge >= 0.3 is 12.0 Å². The Morgan fingerprint density at radius 1 is 1.00 bits per heavy atom. The van der Waals surface area contributed by atoms with Crippen LogP contribution in [0.2, 0.25) is 0 Å². The first-order valence-electron chi connectivity index (χ1n) is 11.9. The molecule has 1 N–H and O–H groups in total. The molecule has 36 heavy (non-hydrogen) atoms. The second-order valence-electron chi connectivity index (χ2n) is 9.40. The van der Waals surface area contributed by atoms with Crippen LogP contribution in [0, 0.1) is 11.6 Å². The van der Waals surface area contributed by atoms with Gasteiger partial charge in [0.1, 0.15) is 11.6 Å². The molecule has 0 aromatic heterocycles. The molecule has 1 saturated heterocycles. The molecular weight excluding hydrogens is 464 g/mol. The van der Waals surface area contributed by atoms with Gasteiger partial charge in [-0.15, -0.1) is 0 Å². The van der Waals surface area contributed by atoms with Gasteiger partial charge < -0.3 is 10.1 Å². The number of likely N-dealkylation sites (tertiary alicyclic amines) is 1. The lowest BCUT2D eigenvalue weighted by Gasteiger charge is -2.40. The van der Waals surface area contributed by atoms with Gasteiger partial charge in [0.2, 0.25) is 0 Å². The maximum absolute atomic E-state index is 14.3. The minimum atomic E-state index is -0.507. The number of benzene rings is 3. The van der Waals surface area contributed by atoms with Crippen LogP contribution < -0.4 is 10.2 Å². The third-order valence-corrected chi connectivity index (χ3v) is 7.24. The molecule has 0 bridgehead atoms. The number of nitrogens with zero attached hydrogens (tertiary/aromatic N) is 2. The zero-order chi connectivity index (χ0) is 25.3. The van der Waals surface area contributed by atoms with Crippen molar-refractivity contribution < 1.29 is 23.1 Å². The molecule has 0 saturated carbocycles. The van der Waals surface area contributed by atoms with Crippen molar-refractivity contribution in [3.63, 3.8) is 0 Å². The number of para-hydroxylation sites is 1. The quantitative estimate of drug-likeness (QED) is 0.501. The molecule has 0 radical (unpaired) electrons. The van der Waals surface area contributed by atoms with E-state index in [0.717, 1.165) is 43.6 Å². The van der Waals surface area contributed by atoms with Crippen LogP contribution in [-0.4, -0.2) is 43.6 Å². The van der Waals surface area contributed by atoms with E-state index in [2.05, 4.69) is 10.2 Å². The number of carbonyl (C=O) groups is 2. The summed E-state index contributed by atoms with van der Waals surface area (Å²) in [7, 11) is 1.36. The SMILES string of the molecule is COC(=O)c1ccc(CN2CCC3(CC2)CN(C(=O)Nc2ccccc2F)c2ccc(F)cc23)cc1. The molecule has 186 valence electrons. The van der Waals surface area contributed by atoms with Crippen LogP contribution >= 0.6 is 0 Å². The van der Waals surface area contributed by atoms with Crippen molar-refractivity contribution >= 4 is 23.4 Å². The summed E-state index contributed by atoms with van der Waals surface area (Å²) in [6.07, 6.45) is 1.51. The van der Waals surface area contributed by atoms with E-state index < -0.39 is 11.8 Å². The Balaban J connectivity index is 1.30. The number of hydrogen-bond donors (Lipinski definition) is 1. The summed E-state index contributed by atoms with van der Waals surface area (Å²) in [6, 6.07) is 17.5. The molecule has 2 aliphatic heterocycles. The van der Waals surface area contributed by atoms with E-state index in [0.29, 0.717) is 17.8 Å². The highest BCUT2D eigenvalue weighted by molar-refractivity contribution is 6.03. The van der Waals surface area contributed by atoms with Gasteiger partial charge in [-0.2, -0.15) is 0 Å². The Kier molecular flexibility index (Phi) is 6.45. The van der Waals surface area contributed by atoms with Gasteiger partial charge in [-0.3, -0.25) is 9.80 Å². The highest BCUT2D eigenvalue weighted by Gasteiger charge is 2.46. The number of hydrogen-bond acceptors (Lipinski definition) is 4. The predicted octanol–water partition coefficient (Wildman–Crippen LogP) is 5.34. The number of halogens is 2. The summed E-state index contributed by atoms with van der Waals surface area (Å²) in [5.74, 6) is -1.21. The number of amides is 2. The van der Waals surface area contributed by atoms with Crippen molar-refractivity contribution in [1.82, 2.24) is 4.90 Å². The molecule has 2 amide bonds. The largest absolute Gasteiger partial charge is 0.465 e. The van der Waals surface area contributed by atoms with Crippen LogP contribution in [0.25, 0.3) is 0 Å². The lowest BCUT2D eigenvalue weighted by atomic mass is 9.74. The lowest BCUT2D eigenvalue weighted by molar-refractivity contribution is 0.0600. The predicted molar refractivity (Wildman–Crippen MR) is 133 cm³/mol. The van der Waals surface area contributed by atoms with Crippen LogP contribution in [0.3, 0.4) is 0 Å². The van der Waals surface area contributed by atoms with Crippen molar-refractivity contribution in [3.8, 4) is 0 Å². The van der Waals surface area contributed by atoms with Crippen molar-refractivity contribution in [2.45, 2.75) is 24.8 Å². The molecule has 3 aromatic rings. The molecule has 0 unspecified atom stereocenters. The number of ether oxygens (including phenoxy) is 1. The first kappa shape index (κ1) is 23.9. The van der Waals surface area contributed by atoms with E-state index >= 15 is 0 Å². The van der Waals surface area contributed by atoms with Gasteiger partial charge in [0.25, 0.3) is 0 Å². The maximum Gasteiger partial charge on any atom is 0.337 e. The minimum Gasteiger partial charge on any atom is -0.465 e. The smallest absolute Gasteiger partial charge is 0.337 e. The van der Waals surface area contributed by atoms with E-state index in [1.807, 2.05) is 12.1 Å². The summed E-state index contributed by atoms with van der Waals surface area (Å²) in [5, 5.41) is 2.66. The lowest BCUT2D eigenvalue weighted by Crippen LogP contribution is -2.46. The average Bonchev–Trinajstić information content (AvgIpc) is 3.20. The Morgan fingerprint density at radius 3 is 2.42 bits per heavy atom. The molecule has 8 heteroatoms. The fraction of sp³-hybridized carbons (Fsp3) is 0.286. The number of fused-ring (bicyclic) bond motifs is 2. The van der Waals surface area contributed by atoms with Crippen molar-refractivity contribution in [2.24, 2.45) is 0 Å². The molecule has 2 aliphatic rings. The zero-order valence-corrected chi connectivity index (χ0v) is 20.0. The number of rotatable bonds is 4. The second kappa shape index (κ2) is 9.70.